The molecule has 9 nitrogen and oxygen atoms in total. The summed E-state index contributed by atoms with van der Waals surface area (Å²) in [4.78, 5) is 32.8. The number of imidazole rings is 1. The molecule has 216 valence electrons. The summed E-state index contributed by atoms with van der Waals surface area (Å²) in [5.74, 6) is -4.67. The van der Waals surface area contributed by atoms with Gasteiger partial charge >= 0.3 is 6.18 Å². The molecule has 2 saturated carbocycles. The van der Waals surface area contributed by atoms with Crippen molar-refractivity contribution in [3.05, 3.63) is 41.0 Å². The summed E-state index contributed by atoms with van der Waals surface area (Å²) in [5.41, 5.74) is -0.489. The number of carbonyl (C=O) groups excluding carboxylic acids is 2. The number of fused-ring (bicyclic) bond motifs is 1. The van der Waals surface area contributed by atoms with Gasteiger partial charge < -0.3 is 15.6 Å². The maximum absolute atomic E-state index is 13.8. The number of aryl methyl sites for hydroxylation is 1. The SMILES string of the molecule is Cc1nonc1C(=O)N[C@@H](CC(C)(C)C(F)(F)F)c1nc2ccc([C@H](NC(=O)C[C@@H]3CC3(F)F)C3CC3)cc2[nH]1. The molecule has 3 atom stereocenters. The van der Waals surface area contributed by atoms with E-state index in [-0.39, 0.29) is 36.0 Å². The lowest BCUT2D eigenvalue weighted by molar-refractivity contribution is -0.215. The fraction of sp³-hybridized carbons (Fsp3) is 0.577. The first-order chi connectivity index (χ1) is 18.6. The molecule has 2 aliphatic carbocycles. The van der Waals surface area contributed by atoms with Gasteiger partial charge in [-0.3, -0.25) is 9.59 Å². The van der Waals surface area contributed by atoms with E-state index in [0.717, 1.165) is 32.3 Å². The van der Waals surface area contributed by atoms with Gasteiger partial charge in [0.1, 0.15) is 11.5 Å². The van der Waals surface area contributed by atoms with Crippen LogP contribution in [0.5, 0.6) is 0 Å². The van der Waals surface area contributed by atoms with Crippen molar-refractivity contribution in [2.75, 3.05) is 0 Å². The second-order valence-electron chi connectivity index (χ2n) is 11.5. The van der Waals surface area contributed by atoms with E-state index in [1.54, 1.807) is 18.2 Å². The summed E-state index contributed by atoms with van der Waals surface area (Å²) in [7, 11) is 0. The summed E-state index contributed by atoms with van der Waals surface area (Å²) in [6, 6.07) is 3.59. The lowest BCUT2D eigenvalue weighted by Gasteiger charge is -2.31. The number of hydrogen-bond donors (Lipinski definition) is 3. The van der Waals surface area contributed by atoms with Crippen molar-refractivity contribution in [1.82, 2.24) is 30.9 Å². The van der Waals surface area contributed by atoms with Crippen LogP contribution in [0.15, 0.2) is 22.8 Å². The number of carbonyl (C=O) groups is 2. The number of aromatic amines is 1. The van der Waals surface area contributed by atoms with Gasteiger partial charge in [-0.2, -0.15) is 13.2 Å². The number of hydrogen-bond acceptors (Lipinski definition) is 6. The van der Waals surface area contributed by atoms with E-state index in [1.807, 2.05) is 0 Å². The summed E-state index contributed by atoms with van der Waals surface area (Å²) in [5, 5.41) is 12.5. The minimum absolute atomic E-state index is 0.106. The van der Waals surface area contributed by atoms with Crippen LogP contribution < -0.4 is 10.6 Å². The first kappa shape index (κ1) is 28.0. The van der Waals surface area contributed by atoms with Crippen LogP contribution >= 0.6 is 0 Å². The Kier molecular flexibility index (Phi) is 6.86. The van der Waals surface area contributed by atoms with Crippen LogP contribution in [0.1, 0.15) is 85.6 Å². The fourth-order valence-electron chi connectivity index (χ4n) is 4.76. The fourth-order valence-corrected chi connectivity index (χ4v) is 4.76. The predicted octanol–water partition coefficient (Wildman–Crippen LogP) is 5.32. The molecule has 0 bridgehead atoms. The number of amides is 2. The van der Waals surface area contributed by atoms with Crippen LogP contribution in [-0.2, 0) is 4.79 Å². The molecule has 0 saturated heterocycles. The Morgan fingerprint density at radius 2 is 1.88 bits per heavy atom. The van der Waals surface area contributed by atoms with Crippen molar-refractivity contribution in [2.45, 2.75) is 77.1 Å². The molecule has 0 spiro atoms. The summed E-state index contributed by atoms with van der Waals surface area (Å²) < 4.78 is 72.5. The number of H-pyrrole nitrogens is 1. The van der Waals surface area contributed by atoms with Gasteiger partial charge in [-0.25, -0.2) is 18.4 Å². The Morgan fingerprint density at radius 1 is 1.18 bits per heavy atom. The summed E-state index contributed by atoms with van der Waals surface area (Å²) >= 11 is 0. The topological polar surface area (TPSA) is 126 Å². The maximum Gasteiger partial charge on any atom is 0.394 e. The number of benzene rings is 1. The van der Waals surface area contributed by atoms with Gasteiger partial charge in [-0.15, -0.1) is 0 Å². The number of nitrogens with one attached hydrogen (secondary N) is 3. The van der Waals surface area contributed by atoms with E-state index < -0.39 is 53.8 Å². The van der Waals surface area contributed by atoms with Crippen molar-refractivity contribution in [2.24, 2.45) is 17.3 Å². The molecule has 0 unspecified atom stereocenters. The van der Waals surface area contributed by atoms with Crippen molar-refractivity contribution in [3.8, 4) is 0 Å². The molecule has 3 N–H and O–H groups in total. The van der Waals surface area contributed by atoms with E-state index in [0.29, 0.717) is 11.0 Å². The Bertz CT molecular complexity index is 1430. The van der Waals surface area contributed by atoms with E-state index in [9.17, 15) is 31.5 Å². The monoisotopic (exact) mass is 568 g/mol. The van der Waals surface area contributed by atoms with E-state index in [2.05, 4.69) is 35.5 Å². The molecule has 2 aliphatic rings. The molecule has 0 radical (unpaired) electrons. The van der Waals surface area contributed by atoms with Crippen LogP contribution in [0.2, 0.25) is 0 Å². The van der Waals surface area contributed by atoms with Crippen molar-refractivity contribution < 1.29 is 36.2 Å². The van der Waals surface area contributed by atoms with Gasteiger partial charge in [-0.05, 0) is 55.0 Å². The third-order valence-electron chi connectivity index (χ3n) is 7.67. The number of alkyl halides is 5. The molecule has 2 fully saturated rings. The van der Waals surface area contributed by atoms with Gasteiger partial charge in [0.15, 0.2) is 5.69 Å². The first-order valence-corrected chi connectivity index (χ1v) is 13.0. The largest absolute Gasteiger partial charge is 0.394 e. The highest BCUT2D eigenvalue weighted by Crippen LogP contribution is 2.51. The molecule has 40 heavy (non-hydrogen) atoms. The Morgan fingerprint density at radius 3 is 2.45 bits per heavy atom. The minimum Gasteiger partial charge on any atom is -0.349 e. The molecule has 3 aromatic rings. The second-order valence-corrected chi connectivity index (χ2v) is 11.5. The number of nitrogens with zero attached hydrogens (tertiary/aromatic N) is 3. The highest BCUT2D eigenvalue weighted by Gasteiger charge is 2.57. The van der Waals surface area contributed by atoms with Crippen molar-refractivity contribution >= 4 is 22.8 Å². The van der Waals surface area contributed by atoms with Crippen LogP contribution in [0, 0.1) is 24.2 Å². The highest BCUT2D eigenvalue weighted by molar-refractivity contribution is 5.93. The summed E-state index contributed by atoms with van der Waals surface area (Å²) in [6.07, 6.45) is -3.87. The van der Waals surface area contributed by atoms with Crippen molar-refractivity contribution in [1.29, 1.82) is 0 Å². The number of halogens is 5. The Balaban J connectivity index is 1.40. The lowest BCUT2D eigenvalue weighted by atomic mass is 9.84. The van der Waals surface area contributed by atoms with Gasteiger partial charge in [-0.1, -0.05) is 25.1 Å². The molecule has 1 aromatic carbocycles. The zero-order chi connectivity index (χ0) is 29.0. The van der Waals surface area contributed by atoms with Gasteiger partial charge in [0.2, 0.25) is 5.91 Å². The quantitative estimate of drug-likeness (QED) is 0.285. The Labute approximate surface area is 225 Å². The highest BCUT2D eigenvalue weighted by atomic mass is 19.4. The molecule has 0 aliphatic heterocycles. The van der Waals surface area contributed by atoms with Gasteiger partial charge in [0.25, 0.3) is 11.8 Å². The molecule has 2 amide bonds. The zero-order valence-electron chi connectivity index (χ0n) is 22.0. The van der Waals surface area contributed by atoms with Crippen molar-refractivity contribution in [3.63, 3.8) is 0 Å². The number of rotatable bonds is 10. The van der Waals surface area contributed by atoms with Gasteiger partial charge in [0.05, 0.1) is 28.5 Å². The van der Waals surface area contributed by atoms with E-state index in [4.69, 9.17) is 0 Å². The average Bonchev–Trinajstić information content (AvgIpc) is 3.67. The van der Waals surface area contributed by atoms with E-state index in [1.165, 1.54) is 6.92 Å². The van der Waals surface area contributed by atoms with E-state index >= 15 is 0 Å². The predicted molar refractivity (Wildman–Crippen MR) is 131 cm³/mol. The molecule has 14 heteroatoms. The molecular weight excluding hydrogens is 539 g/mol. The number of aromatic nitrogens is 4. The van der Waals surface area contributed by atoms with Crippen LogP contribution in [-0.4, -0.2) is 44.2 Å². The first-order valence-electron chi connectivity index (χ1n) is 13.0. The second kappa shape index (κ2) is 9.81. The third-order valence-corrected chi connectivity index (χ3v) is 7.67. The Hall–Kier alpha value is -3.58. The summed E-state index contributed by atoms with van der Waals surface area (Å²) in [6.45, 7) is 3.56. The molecule has 2 aromatic heterocycles. The lowest BCUT2D eigenvalue weighted by Crippen LogP contribution is -2.39. The van der Waals surface area contributed by atoms with Crippen LogP contribution in [0.4, 0.5) is 22.0 Å². The van der Waals surface area contributed by atoms with Crippen LogP contribution in [0.3, 0.4) is 0 Å². The average molecular weight is 569 g/mol. The molecular formula is C26H29F5N6O3. The smallest absolute Gasteiger partial charge is 0.349 e. The standard InChI is InChI=1S/C26H29F5N6O3/c1-12-20(37-40-36-12)23(39)34-18(11-24(2,3)26(29,30)31)22-32-16-7-6-14(8-17(16)33-22)21(13-4-5-13)35-19(38)9-15-10-25(15,27)28/h6-8,13,15,18,21H,4-5,9-11H2,1-3H3,(H,32,33)(H,34,39)(H,35,38)/t15-,18+,21-/m1/s1. The third kappa shape index (κ3) is 5.80. The van der Waals surface area contributed by atoms with Gasteiger partial charge in [0, 0.05) is 18.8 Å². The normalized spacial score (nSPS) is 20.2. The zero-order valence-corrected chi connectivity index (χ0v) is 22.0. The maximum atomic E-state index is 13.8. The molecule has 5 rings (SSSR count). The minimum atomic E-state index is -4.55. The van der Waals surface area contributed by atoms with Crippen LogP contribution in [0.25, 0.3) is 11.0 Å². The molecule has 2 heterocycles.